The van der Waals surface area contributed by atoms with E-state index in [1.165, 1.54) is 0 Å². The van der Waals surface area contributed by atoms with Gasteiger partial charge >= 0.3 is 5.97 Å². The van der Waals surface area contributed by atoms with Gasteiger partial charge < -0.3 is 9.84 Å². The Labute approximate surface area is 107 Å². The molecule has 0 radical (unpaired) electrons. The van der Waals surface area contributed by atoms with Crippen molar-refractivity contribution in [3.8, 4) is 5.75 Å². The lowest BCUT2D eigenvalue weighted by atomic mass is 9.90. The van der Waals surface area contributed by atoms with Crippen LogP contribution >= 0.6 is 0 Å². The van der Waals surface area contributed by atoms with Crippen molar-refractivity contribution in [2.24, 2.45) is 0 Å². The molecule has 0 bridgehead atoms. The fourth-order valence-electron chi connectivity index (χ4n) is 2.18. The van der Waals surface area contributed by atoms with Crippen LogP contribution < -0.4 is 10.1 Å². The number of hydrogen-bond acceptors (Lipinski definition) is 3. The predicted molar refractivity (Wildman–Crippen MR) is 68.9 cm³/mol. The Balaban J connectivity index is 2.01. The van der Waals surface area contributed by atoms with Crippen molar-refractivity contribution in [2.75, 3.05) is 13.2 Å². The van der Waals surface area contributed by atoms with Crippen molar-refractivity contribution >= 4 is 5.97 Å². The number of aliphatic carboxylic acids is 1. The van der Waals surface area contributed by atoms with Gasteiger partial charge in [0, 0.05) is 0 Å². The highest BCUT2D eigenvalue weighted by atomic mass is 16.5. The number of carboxylic acids is 1. The monoisotopic (exact) mass is 249 g/mol. The minimum Gasteiger partial charge on any atom is -0.491 e. The van der Waals surface area contributed by atoms with Crippen LogP contribution in [0.5, 0.6) is 5.75 Å². The maximum atomic E-state index is 11.4. The summed E-state index contributed by atoms with van der Waals surface area (Å²) in [6, 6.07) is 7.65. The lowest BCUT2D eigenvalue weighted by Gasteiger charge is -2.34. The average Bonchev–Trinajstić information content (AvgIpc) is 2.39. The fraction of sp³-hybridized carbons (Fsp3) is 0.500. The number of aryl methyl sites for hydroxylation is 1. The average molecular weight is 249 g/mol. The molecule has 1 unspecified atom stereocenters. The first-order chi connectivity index (χ1) is 8.62. The third kappa shape index (κ3) is 2.82. The zero-order valence-electron chi connectivity index (χ0n) is 10.6. The molecule has 0 aromatic heterocycles. The molecular weight excluding hydrogens is 230 g/mol. The summed E-state index contributed by atoms with van der Waals surface area (Å²) < 4.78 is 5.62. The number of carboxylic acid groups (broad SMARTS) is 1. The van der Waals surface area contributed by atoms with Crippen molar-refractivity contribution in [1.82, 2.24) is 5.32 Å². The van der Waals surface area contributed by atoms with Crippen molar-refractivity contribution in [3.63, 3.8) is 0 Å². The highest BCUT2D eigenvalue weighted by Gasteiger charge is 2.40. The second kappa shape index (κ2) is 5.40. The van der Waals surface area contributed by atoms with E-state index in [-0.39, 0.29) is 6.61 Å². The molecule has 0 spiro atoms. The number of benzene rings is 1. The summed E-state index contributed by atoms with van der Waals surface area (Å²) in [4.78, 5) is 11.4. The van der Waals surface area contributed by atoms with E-state index in [4.69, 9.17) is 4.74 Å². The molecule has 1 aromatic carbocycles. The summed E-state index contributed by atoms with van der Waals surface area (Å²) in [6.07, 6.45) is 2.57. The fourth-order valence-corrected chi connectivity index (χ4v) is 2.18. The first-order valence-corrected chi connectivity index (χ1v) is 6.30. The number of rotatable bonds is 4. The Morgan fingerprint density at radius 2 is 2.11 bits per heavy atom. The van der Waals surface area contributed by atoms with E-state index in [0.29, 0.717) is 12.2 Å². The molecule has 1 aromatic rings. The molecule has 4 nitrogen and oxygen atoms in total. The van der Waals surface area contributed by atoms with Crippen molar-refractivity contribution in [3.05, 3.63) is 29.8 Å². The summed E-state index contributed by atoms with van der Waals surface area (Å²) in [5.74, 6) is -0.108. The normalized spacial score (nSPS) is 23.6. The quantitative estimate of drug-likeness (QED) is 0.856. The molecule has 0 aliphatic carbocycles. The molecule has 98 valence electrons. The highest BCUT2D eigenvalue weighted by Crippen LogP contribution is 2.22. The molecule has 0 amide bonds. The second-order valence-corrected chi connectivity index (χ2v) is 4.87. The number of ether oxygens (including phenoxy) is 1. The zero-order valence-corrected chi connectivity index (χ0v) is 10.6. The van der Waals surface area contributed by atoms with Crippen molar-refractivity contribution in [2.45, 2.75) is 31.7 Å². The zero-order chi connectivity index (χ0) is 13.0. The van der Waals surface area contributed by atoms with Gasteiger partial charge in [-0.3, -0.25) is 10.1 Å². The summed E-state index contributed by atoms with van der Waals surface area (Å²) in [5.41, 5.74) is 0.231. The molecule has 4 heteroatoms. The minimum atomic E-state index is -0.927. The third-order valence-corrected chi connectivity index (χ3v) is 3.41. The summed E-state index contributed by atoms with van der Waals surface area (Å²) in [5, 5.41) is 12.5. The Morgan fingerprint density at radius 1 is 1.39 bits per heavy atom. The van der Waals surface area contributed by atoms with Gasteiger partial charge in [0.1, 0.15) is 12.4 Å². The first kappa shape index (κ1) is 12.9. The van der Waals surface area contributed by atoms with E-state index >= 15 is 0 Å². The van der Waals surface area contributed by atoms with Crippen molar-refractivity contribution in [1.29, 1.82) is 0 Å². The van der Waals surface area contributed by atoms with Crippen LogP contribution in [0.3, 0.4) is 0 Å². The van der Waals surface area contributed by atoms with Crippen LogP contribution in [0.15, 0.2) is 24.3 Å². The van der Waals surface area contributed by atoms with Gasteiger partial charge in [-0.05, 0) is 44.9 Å². The Morgan fingerprint density at radius 3 is 2.67 bits per heavy atom. The molecular formula is C14H19NO3. The van der Waals surface area contributed by atoms with Gasteiger partial charge in [-0.1, -0.05) is 17.7 Å². The van der Waals surface area contributed by atoms with E-state index in [1.807, 2.05) is 31.2 Å². The molecule has 0 saturated carbocycles. The van der Waals surface area contributed by atoms with Crippen LogP contribution in [0.25, 0.3) is 0 Å². The van der Waals surface area contributed by atoms with Gasteiger partial charge in [0.25, 0.3) is 0 Å². The lowest BCUT2D eigenvalue weighted by molar-refractivity contribution is -0.147. The predicted octanol–water partition coefficient (Wildman–Crippen LogP) is 1.97. The minimum absolute atomic E-state index is 0.172. The largest absolute Gasteiger partial charge is 0.491 e. The van der Waals surface area contributed by atoms with Gasteiger partial charge in [-0.2, -0.15) is 0 Å². The molecule has 1 aliphatic heterocycles. The van der Waals surface area contributed by atoms with E-state index in [9.17, 15) is 9.90 Å². The van der Waals surface area contributed by atoms with Crippen LogP contribution in [-0.2, 0) is 4.79 Å². The standard InChI is InChI=1S/C14H19NO3/c1-11-4-6-12(7-5-11)18-10-14(13(16)17)8-2-3-9-15-14/h4-7,15H,2-3,8-10H2,1H3,(H,16,17). The van der Waals surface area contributed by atoms with Crippen LogP contribution in [0.2, 0.25) is 0 Å². The van der Waals surface area contributed by atoms with E-state index in [1.54, 1.807) is 0 Å². The summed E-state index contributed by atoms with van der Waals surface area (Å²) >= 11 is 0. The molecule has 1 fully saturated rings. The topological polar surface area (TPSA) is 58.6 Å². The van der Waals surface area contributed by atoms with Crippen LogP contribution in [0.1, 0.15) is 24.8 Å². The molecule has 1 aliphatic rings. The maximum Gasteiger partial charge on any atom is 0.327 e. The summed E-state index contributed by atoms with van der Waals surface area (Å²) in [7, 11) is 0. The first-order valence-electron chi connectivity index (χ1n) is 6.30. The Kier molecular flexibility index (Phi) is 3.87. The molecule has 1 saturated heterocycles. The van der Waals surface area contributed by atoms with Gasteiger partial charge in [0.15, 0.2) is 5.54 Å². The molecule has 2 rings (SSSR count). The Bertz CT molecular complexity index is 408. The smallest absolute Gasteiger partial charge is 0.327 e. The SMILES string of the molecule is Cc1ccc(OCC2(C(=O)O)CCCCN2)cc1. The number of hydrogen-bond donors (Lipinski definition) is 2. The number of carbonyl (C=O) groups is 1. The van der Waals surface area contributed by atoms with Gasteiger partial charge in [0.2, 0.25) is 0 Å². The van der Waals surface area contributed by atoms with Crippen LogP contribution in [0.4, 0.5) is 0 Å². The lowest BCUT2D eigenvalue weighted by Crippen LogP contribution is -2.58. The van der Waals surface area contributed by atoms with Gasteiger partial charge in [-0.15, -0.1) is 0 Å². The van der Waals surface area contributed by atoms with Gasteiger partial charge in [-0.25, -0.2) is 0 Å². The van der Waals surface area contributed by atoms with Gasteiger partial charge in [0.05, 0.1) is 0 Å². The third-order valence-electron chi connectivity index (χ3n) is 3.41. The van der Waals surface area contributed by atoms with E-state index in [0.717, 1.165) is 24.9 Å². The molecule has 18 heavy (non-hydrogen) atoms. The number of nitrogens with one attached hydrogen (secondary N) is 1. The summed E-state index contributed by atoms with van der Waals surface area (Å²) in [6.45, 7) is 2.92. The molecule has 1 heterocycles. The van der Waals surface area contributed by atoms with Crippen LogP contribution in [-0.4, -0.2) is 29.8 Å². The second-order valence-electron chi connectivity index (χ2n) is 4.87. The highest BCUT2D eigenvalue weighted by molar-refractivity contribution is 5.79. The molecule has 1 atom stereocenters. The van der Waals surface area contributed by atoms with Crippen LogP contribution in [0, 0.1) is 6.92 Å². The van der Waals surface area contributed by atoms with E-state index in [2.05, 4.69) is 5.32 Å². The van der Waals surface area contributed by atoms with Crippen molar-refractivity contribution < 1.29 is 14.6 Å². The Hall–Kier alpha value is -1.55. The maximum absolute atomic E-state index is 11.4. The van der Waals surface area contributed by atoms with E-state index < -0.39 is 11.5 Å². The molecule has 2 N–H and O–H groups in total. The number of piperidine rings is 1.